The Kier molecular flexibility index (Phi) is 5.02. The molecular formula is C19H26N4O4S2. The summed E-state index contributed by atoms with van der Waals surface area (Å²) in [7, 11) is -3.77. The number of nitrogens with one attached hydrogen (secondary N) is 2. The number of nitrogens with zero attached hydrogens (tertiary/aromatic N) is 1. The van der Waals surface area contributed by atoms with E-state index in [0.29, 0.717) is 17.0 Å². The van der Waals surface area contributed by atoms with Gasteiger partial charge in [-0.05, 0) is 62.6 Å². The molecule has 0 bridgehead atoms. The minimum atomic E-state index is -3.77. The number of carbonyl (C=O) groups is 1. The quantitative estimate of drug-likeness (QED) is 0.405. The number of thiol groups is 1. The highest BCUT2D eigenvalue weighted by molar-refractivity contribution is 8.01. The van der Waals surface area contributed by atoms with Crippen LogP contribution in [0.3, 0.4) is 0 Å². The standard InChI is InChI=1S/C19H26N4O4S2/c1-19(2,26)14-9-21-18(28-14)29(20,27)23-17(25)22-16-12-5-3-4-10(12)8-11-6-7-13(24)15(11)16/h8-9,13,24,26,29H,3-7H2,1-2H3,(H4,20,22,23,25,27). The number of hydrogen-bond acceptors (Lipinski definition) is 6. The van der Waals surface area contributed by atoms with Crippen LogP contribution in [0, 0.1) is 0 Å². The van der Waals surface area contributed by atoms with Gasteiger partial charge in [0.2, 0.25) is 0 Å². The first-order valence-electron chi connectivity index (χ1n) is 9.59. The number of hydrogen-bond donors (Lipinski definition) is 6. The van der Waals surface area contributed by atoms with Crippen LogP contribution in [0.15, 0.2) is 16.6 Å². The number of benzene rings is 1. The summed E-state index contributed by atoms with van der Waals surface area (Å²) in [6.07, 6.45) is 4.96. The van der Waals surface area contributed by atoms with E-state index < -0.39 is 28.0 Å². The van der Waals surface area contributed by atoms with Gasteiger partial charge in [0.15, 0.2) is 4.34 Å². The maximum Gasteiger partial charge on any atom is 0.330 e. The second-order valence-electron chi connectivity index (χ2n) is 8.16. The molecule has 1 atom stereocenters. The van der Waals surface area contributed by atoms with Gasteiger partial charge in [-0.25, -0.2) is 14.0 Å². The lowest BCUT2D eigenvalue weighted by atomic mass is 9.98. The Morgan fingerprint density at radius 3 is 2.79 bits per heavy atom. The monoisotopic (exact) mass is 438 g/mol. The van der Waals surface area contributed by atoms with Gasteiger partial charge in [-0.2, -0.15) is 0 Å². The van der Waals surface area contributed by atoms with Gasteiger partial charge in [-0.3, -0.25) is 9.86 Å². The van der Waals surface area contributed by atoms with Crippen LogP contribution in [0.25, 0.3) is 0 Å². The van der Waals surface area contributed by atoms with Gasteiger partial charge in [0.25, 0.3) is 0 Å². The Labute approximate surface area is 174 Å². The van der Waals surface area contributed by atoms with Crippen LogP contribution in [0.4, 0.5) is 10.5 Å². The first kappa shape index (κ1) is 20.4. The van der Waals surface area contributed by atoms with Gasteiger partial charge in [-0.15, -0.1) is 11.3 Å². The number of aromatic nitrogens is 1. The summed E-state index contributed by atoms with van der Waals surface area (Å²) in [5.41, 5.74) is 3.52. The molecule has 8 nitrogen and oxygen atoms in total. The lowest BCUT2D eigenvalue weighted by Gasteiger charge is -2.21. The smallest absolute Gasteiger partial charge is 0.330 e. The molecule has 0 aliphatic heterocycles. The van der Waals surface area contributed by atoms with Crippen molar-refractivity contribution in [3.63, 3.8) is 0 Å². The summed E-state index contributed by atoms with van der Waals surface area (Å²) in [4.78, 5) is 17.2. The minimum absolute atomic E-state index is 0.0633. The predicted molar refractivity (Wildman–Crippen MR) is 113 cm³/mol. The minimum Gasteiger partial charge on any atom is -0.388 e. The van der Waals surface area contributed by atoms with Gasteiger partial charge in [0.05, 0.1) is 32.6 Å². The molecule has 1 aromatic carbocycles. The average molecular weight is 439 g/mol. The topological polar surface area (TPSA) is 138 Å². The fraction of sp³-hybridized carbons (Fsp3) is 0.474. The van der Waals surface area contributed by atoms with Crippen LogP contribution in [-0.4, -0.2) is 25.4 Å². The fourth-order valence-electron chi connectivity index (χ4n) is 4.03. The first-order valence-corrected chi connectivity index (χ1v) is 12.2. The molecule has 29 heavy (non-hydrogen) atoms. The van der Waals surface area contributed by atoms with Gasteiger partial charge < -0.3 is 15.5 Å². The van der Waals surface area contributed by atoms with Crippen molar-refractivity contribution in [1.29, 1.82) is 0 Å². The van der Waals surface area contributed by atoms with E-state index in [1.54, 1.807) is 13.8 Å². The number of aliphatic hydroxyl groups is 2. The van der Waals surface area contributed by atoms with E-state index in [-0.39, 0.29) is 4.34 Å². The molecule has 0 saturated heterocycles. The zero-order valence-corrected chi connectivity index (χ0v) is 18.1. The molecule has 2 aliphatic rings. The summed E-state index contributed by atoms with van der Waals surface area (Å²) in [5.74, 6) is 0. The number of thiazole rings is 1. The third-order valence-electron chi connectivity index (χ3n) is 5.43. The lowest BCUT2D eigenvalue weighted by Crippen LogP contribution is -2.45. The number of aliphatic hydroxyl groups excluding tert-OH is 1. The summed E-state index contributed by atoms with van der Waals surface area (Å²) in [5, 5.41) is 29.2. The molecular weight excluding hydrogens is 412 g/mol. The zero-order chi connectivity index (χ0) is 21.0. The normalized spacial score (nSPS) is 19.0. The van der Waals surface area contributed by atoms with Gasteiger partial charge in [-0.1, -0.05) is 6.07 Å². The summed E-state index contributed by atoms with van der Waals surface area (Å²) in [6.45, 7) is 3.18. The lowest BCUT2D eigenvalue weighted by molar-refractivity contribution is 0.0823. The maximum absolute atomic E-state index is 12.9. The molecule has 1 heterocycles. The Bertz CT molecular complexity index is 1030. The molecule has 0 radical (unpaired) electrons. The number of rotatable bonds is 4. The number of urea groups is 1. The maximum atomic E-state index is 12.9. The number of anilines is 1. The van der Waals surface area contributed by atoms with Crippen molar-refractivity contribution in [1.82, 2.24) is 9.71 Å². The van der Waals surface area contributed by atoms with E-state index in [1.807, 2.05) is 0 Å². The first-order chi connectivity index (χ1) is 13.6. The van der Waals surface area contributed by atoms with Crippen molar-refractivity contribution in [3.8, 4) is 0 Å². The highest BCUT2D eigenvalue weighted by Crippen LogP contribution is 2.43. The molecule has 1 aromatic heterocycles. The van der Waals surface area contributed by atoms with E-state index in [9.17, 15) is 19.2 Å². The Morgan fingerprint density at radius 1 is 1.34 bits per heavy atom. The van der Waals surface area contributed by atoms with E-state index >= 15 is 0 Å². The third kappa shape index (κ3) is 3.82. The van der Waals surface area contributed by atoms with E-state index in [4.69, 9.17) is 5.14 Å². The van der Waals surface area contributed by atoms with Crippen molar-refractivity contribution in [2.75, 3.05) is 5.32 Å². The Morgan fingerprint density at radius 2 is 2.10 bits per heavy atom. The molecule has 2 aromatic rings. The number of carbonyl (C=O) groups excluding carboxylic acids is 1. The van der Waals surface area contributed by atoms with Crippen molar-refractivity contribution < 1.29 is 19.2 Å². The highest BCUT2D eigenvalue weighted by atomic mass is 32.3. The van der Waals surface area contributed by atoms with Crippen LogP contribution in [-0.2, 0) is 35.2 Å². The van der Waals surface area contributed by atoms with Crippen molar-refractivity contribution in [3.05, 3.63) is 39.4 Å². The van der Waals surface area contributed by atoms with Crippen molar-refractivity contribution in [2.45, 2.75) is 62.0 Å². The van der Waals surface area contributed by atoms with Crippen LogP contribution >= 0.6 is 11.3 Å². The van der Waals surface area contributed by atoms with Crippen LogP contribution in [0.5, 0.6) is 0 Å². The SMILES string of the molecule is CC(C)(O)c1cnc([SH](N)(=O)NC(=O)Nc2c3c(cc4c2C(O)CC4)CCC3)s1. The summed E-state index contributed by atoms with van der Waals surface area (Å²) >= 11 is 1.00. The molecule has 2 aliphatic carbocycles. The summed E-state index contributed by atoms with van der Waals surface area (Å²) in [6, 6.07) is 1.44. The molecule has 10 heteroatoms. The number of nitrogens with two attached hydrogens (primary N) is 1. The molecule has 1 unspecified atom stereocenters. The zero-order valence-electron chi connectivity index (χ0n) is 16.4. The number of fused-ring (bicyclic) bond motifs is 2. The van der Waals surface area contributed by atoms with Crippen LogP contribution in [0.2, 0.25) is 0 Å². The van der Waals surface area contributed by atoms with E-state index in [1.165, 1.54) is 11.8 Å². The molecule has 2 amide bonds. The summed E-state index contributed by atoms with van der Waals surface area (Å²) < 4.78 is 15.3. The predicted octanol–water partition coefficient (Wildman–Crippen LogP) is 1.82. The number of aryl methyl sites for hydroxylation is 2. The Hall–Kier alpha value is -1.85. The second kappa shape index (κ2) is 7.13. The molecule has 158 valence electrons. The Balaban J connectivity index is 1.58. The third-order valence-corrected chi connectivity index (χ3v) is 8.85. The van der Waals surface area contributed by atoms with Crippen molar-refractivity contribution >= 4 is 33.4 Å². The van der Waals surface area contributed by atoms with E-state index in [0.717, 1.165) is 53.7 Å². The van der Waals surface area contributed by atoms with E-state index in [2.05, 4.69) is 21.1 Å². The second-order valence-corrected chi connectivity index (χ2v) is 11.5. The largest absolute Gasteiger partial charge is 0.388 e. The fourth-order valence-corrected chi connectivity index (χ4v) is 6.35. The average Bonchev–Trinajstić information content (AvgIpc) is 3.33. The number of amides is 2. The molecule has 6 N–H and O–H groups in total. The molecule has 0 spiro atoms. The highest BCUT2D eigenvalue weighted by Gasteiger charge is 2.31. The molecule has 0 fully saturated rings. The van der Waals surface area contributed by atoms with Crippen molar-refractivity contribution in [2.24, 2.45) is 5.14 Å². The van der Waals surface area contributed by atoms with Crippen LogP contribution < -0.4 is 15.2 Å². The van der Waals surface area contributed by atoms with Gasteiger partial charge in [0, 0.05) is 11.8 Å². The van der Waals surface area contributed by atoms with Gasteiger partial charge in [0.1, 0.15) is 0 Å². The van der Waals surface area contributed by atoms with Gasteiger partial charge >= 0.3 is 6.03 Å². The van der Waals surface area contributed by atoms with Crippen LogP contribution in [0.1, 0.15) is 59.9 Å². The molecule has 0 saturated carbocycles. The molecule has 4 rings (SSSR count).